The number of methoxy groups -OCH3 is 1. The second kappa shape index (κ2) is 7.17. The van der Waals surface area contributed by atoms with Gasteiger partial charge >= 0.3 is 0 Å². The van der Waals surface area contributed by atoms with E-state index in [-0.39, 0.29) is 17.4 Å². The summed E-state index contributed by atoms with van der Waals surface area (Å²) in [5.41, 5.74) is 1.06. The largest absolute Gasteiger partial charge is 0.497 e. The van der Waals surface area contributed by atoms with Crippen LogP contribution in [-0.4, -0.2) is 47.4 Å². The predicted octanol–water partition coefficient (Wildman–Crippen LogP) is 3.22. The molecule has 1 saturated carbocycles. The van der Waals surface area contributed by atoms with Gasteiger partial charge in [0.05, 0.1) is 7.11 Å². The molecule has 1 spiro atoms. The highest BCUT2D eigenvalue weighted by Gasteiger charge is 2.48. The van der Waals surface area contributed by atoms with E-state index in [0.717, 1.165) is 56.5 Å². The smallest absolute Gasteiger partial charge is 0.225 e. The summed E-state index contributed by atoms with van der Waals surface area (Å²) in [6.07, 6.45) is 5.45. The SMILES string of the molecule is COc1ccc(CN2C(=O)CCC23CCN(C(=O)C2CC(C)C2)CC3)cc1. The molecular formula is C22H30N2O3. The number of nitrogens with zero attached hydrogens (tertiary/aromatic N) is 2. The summed E-state index contributed by atoms with van der Waals surface area (Å²) < 4.78 is 5.23. The molecule has 5 nitrogen and oxygen atoms in total. The zero-order valence-electron chi connectivity index (χ0n) is 16.4. The number of rotatable bonds is 4. The molecule has 0 N–H and O–H groups in total. The van der Waals surface area contributed by atoms with Crippen molar-refractivity contribution in [1.82, 2.24) is 9.80 Å². The Morgan fingerprint density at radius 1 is 1.15 bits per heavy atom. The first kappa shape index (κ1) is 18.3. The van der Waals surface area contributed by atoms with Gasteiger partial charge in [0.1, 0.15) is 5.75 Å². The quantitative estimate of drug-likeness (QED) is 0.818. The Kier molecular flexibility index (Phi) is 4.87. The molecule has 0 unspecified atom stereocenters. The summed E-state index contributed by atoms with van der Waals surface area (Å²) in [6.45, 7) is 4.44. The van der Waals surface area contributed by atoms with E-state index in [1.165, 1.54) is 0 Å². The van der Waals surface area contributed by atoms with E-state index in [2.05, 4.69) is 16.7 Å². The number of benzene rings is 1. The van der Waals surface area contributed by atoms with Crippen molar-refractivity contribution < 1.29 is 14.3 Å². The maximum atomic E-state index is 12.7. The molecule has 2 aliphatic heterocycles. The first-order chi connectivity index (χ1) is 13.0. The molecule has 3 aliphatic rings. The lowest BCUT2D eigenvalue weighted by Crippen LogP contribution is -2.55. The van der Waals surface area contributed by atoms with Gasteiger partial charge < -0.3 is 14.5 Å². The standard InChI is InChI=1S/C22H30N2O3/c1-16-13-18(14-16)21(26)23-11-9-22(10-12-23)8-7-20(25)24(22)15-17-3-5-19(27-2)6-4-17/h3-6,16,18H,7-15H2,1-2H3. The molecule has 0 aromatic heterocycles. The summed E-state index contributed by atoms with van der Waals surface area (Å²) in [6, 6.07) is 7.97. The fourth-order valence-corrected chi connectivity index (χ4v) is 5.07. The Labute approximate surface area is 161 Å². The van der Waals surface area contributed by atoms with Gasteiger partial charge in [0.25, 0.3) is 0 Å². The average Bonchev–Trinajstić information content (AvgIpc) is 2.96. The third-order valence-electron chi connectivity index (χ3n) is 6.91. The van der Waals surface area contributed by atoms with Crippen molar-refractivity contribution in [1.29, 1.82) is 0 Å². The van der Waals surface area contributed by atoms with Crippen molar-refractivity contribution in [3.8, 4) is 5.75 Å². The van der Waals surface area contributed by atoms with Gasteiger partial charge in [0.2, 0.25) is 11.8 Å². The van der Waals surface area contributed by atoms with Crippen molar-refractivity contribution >= 4 is 11.8 Å². The number of hydrogen-bond donors (Lipinski definition) is 0. The van der Waals surface area contributed by atoms with Crippen LogP contribution in [0.4, 0.5) is 0 Å². The van der Waals surface area contributed by atoms with Crippen molar-refractivity contribution in [2.45, 2.75) is 57.5 Å². The van der Waals surface area contributed by atoms with Crippen LogP contribution in [0.2, 0.25) is 0 Å². The number of likely N-dealkylation sites (tertiary alicyclic amines) is 2. The molecule has 1 aliphatic carbocycles. The monoisotopic (exact) mass is 370 g/mol. The molecule has 0 bridgehead atoms. The summed E-state index contributed by atoms with van der Waals surface area (Å²) in [5, 5.41) is 0. The van der Waals surface area contributed by atoms with E-state index in [4.69, 9.17) is 4.74 Å². The number of amides is 2. The maximum absolute atomic E-state index is 12.7. The van der Waals surface area contributed by atoms with E-state index >= 15 is 0 Å². The molecule has 27 heavy (non-hydrogen) atoms. The Hall–Kier alpha value is -2.04. The molecule has 5 heteroatoms. The van der Waals surface area contributed by atoms with Crippen molar-refractivity contribution in [3.05, 3.63) is 29.8 Å². The van der Waals surface area contributed by atoms with Crippen LogP contribution in [-0.2, 0) is 16.1 Å². The van der Waals surface area contributed by atoms with E-state index in [1.807, 2.05) is 24.3 Å². The first-order valence-corrected chi connectivity index (χ1v) is 10.2. The molecule has 0 radical (unpaired) electrons. The van der Waals surface area contributed by atoms with Gasteiger partial charge in [0, 0.05) is 37.5 Å². The lowest BCUT2D eigenvalue weighted by Gasteiger charge is -2.46. The van der Waals surface area contributed by atoms with Gasteiger partial charge in [-0.3, -0.25) is 9.59 Å². The molecule has 0 atom stereocenters. The summed E-state index contributed by atoms with van der Waals surface area (Å²) in [5.74, 6) is 2.36. The molecule has 1 aromatic carbocycles. The molecule has 3 fully saturated rings. The van der Waals surface area contributed by atoms with Gasteiger partial charge in [-0.1, -0.05) is 19.1 Å². The Bertz CT molecular complexity index is 701. The molecule has 146 valence electrons. The van der Waals surface area contributed by atoms with Crippen LogP contribution in [0.3, 0.4) is 0 Å². The van der Waals surface area contributed by atoms with Crippen molar-refractivity contribution in [2.75, 3.05) is 20.2 Å². The van der Waals surface area contributed by atoms with E-state index in [1.54, 1.807) is 7.11 Å². The number of piperidine rings is 1. The minimum Gasteiger partial charge on any atom is -0.497 e. The fraction of sp³-hybridized carbons (Fsp3) is 0.636. The number of ether oxygens (including phenoxy) is 1. The van der Waals surface area contributed by atoms with Crippen LogP contribution in [0.25, 0.3) is 0 Å². The van der Waals surface area contributed by atoms with Gasteiger partial charge in [0.15, 0.2) is 0 Å². The van der Waals surface area contributed by atoms with E-state index in [9.17, 15) is 9.59 Å². The second-order valence-electron chi connectivity index (χ2n) is 8.65. The predicted molar refractivity (Wildman–Crippen MR) is 103 cm³/mol. The zero-order chi connectivity index (χ0) is 19.0. The molecule has 4 rings (SSSR count). The number of carbonyl (C=O) groups excluding carboxylic acids is 2. The summed E-state index contributed by atoms with van der Waals surface area (Å²) >= 11 is 0. The minimum absolute atomic E-state index is 0.0688. The Balaban J connectivity index is 1.41. The first-order valence-electron chi connectivity index (χ1n) is 10.2. The van der Waals surface area contributed by atoms with Crippen LogP contribution < -0.4 is 4.74 Å². The highest BCUT2D eigenvalue weighted by molar-refractivity contribution is 5.81. The summed E-state index contributed by atoms with van der Waals surface area (Å²) in [4.78, 5) is 29.4. The van der Waals surface area contributed by atoms with Crippen LogP contribution in [0.1, 0.15) is 51.0 Å². The zero-order valence-corrected chi connectivity index (χ0v) is 16.4. The lowest BCUT2D eigenvalue weighted by molar-refractivity contribution is -0.143. The van der Waals surface area contributed by atoms with Gasteiger partial charge in [-0.2, -0.15) is 0 Å². The highest BCUT2D eigenvalue weighted by atomic mass is 16.5. The normalized spacial score (nSPS) is 27.0. The highest BCUT2D eigenvalue weighted by Crippen LogP contribution is 2.41. The lowest BCUT2D eigenvalue weighted by atomic mass is 9.75. The van der Waals surface area contributed by atoms with E-state index < -0.39 is 0 Å². The number of carbonyl (C=O) groups is 2. The van der Waals surface area contributed by atoms with Crippen molar-refractivity contribution in [2.24, 2.45) is 11.8 Å². The Morgan fingerprint density at radius 2 is 1.81 bits per heavy atom. The molecule has 1 aromatic rings. The maximum Gasteiger partial charge on any atom is 0.225 e. The average molecular weight is 370 g/mol. The third-order valence-corrected chi connectivity index (χ3v) is 6.91. The van der Waals surface area contributed by atoms with Gasteiger partial charge in [-0.15, -0.1) is 0 Å². The number of hydrogen-bond acceptors (Lipinski definition) is 3. The summed E-state index contributed by atoms with van der Waals surface area (Å²) in [7, 11) is 1.66. The molecular weight excluding hydrogens is 340 g/mol. The fourth-order valence-electron chi connectivity index (χ4n) is 5.07. The third kappa shape index (κ3) is 3.44. The van der Waals surface area contributed by atoms with Crippen LogP contribution >= 0.6 is 0 Å². The molecule has 2 saturated heterocycles. The molecule has 2 amide bonds. The van der Waals surface area contributed by atoms with E-state index in [0.29, 0.717) is 24.8 Å². The minimum atomic E-state index is -0.0688. The van der Waals surface area contributed by atoms with Crippen LogP contribution in [0, 0.1) is 11.8 Å². The van der Waals surface area contributed by atoms with Crippen LogP contribution in [0.15, 0.2) is 24.3 Å². The molecule has 2 heterocycles. The Morgan fingerprint density at radius 3 is 2.41 bits per heavy atom. The topological polar surface area (TPSA) is 49.9 Å². The van der Waals surface area contributed by atoms with Gasteiger partial charge in [-0.25, -0.2) is 0 Å². The van der Waals surface area contributed by atoms with Gasteiger partial charge in [-0.05, 0) is 55.7 Å². The van der Waals surface area contributed by atoms with Crippen LogP contribution in [0.5, 0.6) is 5.75 Å². The van der Waals surface area contributed by atoms with Crippen molar-refractivity contribution in [3.63, 3.8) is 0 Å². The second-order valence-corrected chi connectivity index (χ2v) is 8.65.